The molecule has 1 amide bonds. The molecule has 0 saturated heterocycles. The van der Waals surface area contributed by atoms with Crippen molar-refractivity contribution >= 4 is 22.6 Å². The molecule has 152 valence electrons. The molecular formula is C21H18FN5O3. The second-order valence-electron chi connectivity index (χ2n) is 6.67. The third-order valence-electron chi connectivity index (χ3n) is 4.47. The van der Waals surface area contributed by atoms with E-state index in [-0.39, 0.29) is 30.4 Å². The Kier molecular flexibility index (Phi) is 5.25. The quantitative estimate of drug-likeness (QED) is 0.530. The van der Waals surface area contributed by atoms with Gasteiger partial charge in [-0.25, -0.2) is 9.37 Å². The molecule has 0 aliphatic rings. The molecule has 2 aromatic carbocycles. The monoisotopic (exact) mass is 407 g/mol. The van der Waals surface area contributed by atoms with E-state index in [0.29, 0.717) is 22.5 Å². The van der Waals surface area contributed by atoms with Gasteiger partial charge in [-0.1, -0.05) is 18.2 Å². The first kappa shape index (κ1) is 19.3. The van der Waals surface area contributed by atoms with Gasteiger partial charge in [0.2, 0.25) is 5.91 Å². The number of hydrogen-bond donors (Lipinski definition) is 1. The molecule has 0 saturated carbocycles. The number of aryl methyl sites for hydroxylation is 1. The Hall–Kier alpha value is -4.01. The average Bonchev–Trinajstić information content (AvgIpc) is 3.11. The van der Waals surface area contributed by atoms with Gasteiger partial charge in [-0.05, 0) is 29.8 Å². The first-order valence-corrected chi connectivity index (χ1v) is 9.14. The van der Waals surface area contributed by atoms with Crippen LogP contribution < -0.4 is 15.6 Å². The first-order chi connectivity index (χ1) is 14.5. The van der Waals surface area contributed by atoms with Crippen LogP contribution in [0.4, 0.5) is 10.1 Å². The van der Waals surface area contributed by atoms with Crippen molar-refractivity contribution in [2.75, 3.05) is 5.32 Å². The number of anilines is 1. The predicted octanol–water partition coefficient (Wildman–Crippen LogP) is 2.49. The van der Waals surface area contributed by atoms with Crippen LogP contribution in [0.5, 0.6) is 5.75 Å². The summed E-state index contributed by atoms with van der Waals surface area (Å²) in [5.74, 6) is -0.133. The van der Waals surface area contributed by atoms with Crippen molar-refractivity contribution in [1.82, 2.24) is 19.3 Å². The summed E-state index contributed by atoms with van der Waals surface area (Å²) >= 11 is 0. The van der Waals surface area contributed by atoms with Crippen molar-refractivity contribution in [3.63, 3.8) is 0 Å². The number of benzene rings is 2. The van der Waals surface area contributed by atoms with Crippen molar-refractivity contribution in [3.05, 3.63) is 82.8 Å². The number of aromatic nitrogens is 4. The van der Waals surface area contributed by atoms with Crippen LogP contribution in [0, 0.1) is 5.82 Å². The summed E-state index contributed by atoms with van der Waals surface area (Å²) in [6.45, 7) is 0.0845. The predicted molar refractivity (Wildman–Crippen MR) is 109 cm³/mol. The van der Waals surface area contributed by atoms with Crippen molar-refractivity contribution in [2.45, 2.75) is 13.2 Å². The Morgan fingerprint density at radius 2 is 2.00 bits per heavy atom. The molecule has 30 heavy (non-hydrogen) atoms. The number of fused-ring (bicyclic) bond motifs is 1. The molecule has 4 aromatic rings. The molecule has 0 fully saturated rings. The van der Waals surface area contributed by atoms with Crippen molar-refractivity contribution in [3.8, 4) is 5.75 Å². The molecule has 0 aliphatic carbocycles. The highest BCUT2D eigenvalue weighted by molar-refractivity contribution is 5.90. The van der Waals surface area contributed by atoms with Gasteiger partial charge in [-0.2, -0.15) is 5.10 Å². The van der Waals surface area contributed by atoms with E-state index in [1.165, 1.54) is 33.9 Å². The standard InChI is InChI=1S/C21H18FN5O3/c1-26-20-18(10-24-26)21(29)27(13-23-20)11-19(28)25-16-3-2-4-17(9-16)30-12-14-5-7-15(22)8-6-14/h2-10,13H,11-12H2,1H3,(H,25,28). The van der Waals surface area contributed by atoms with Gasteiger partial charge in [0.1, 0.15) is 36.4 Å². The number of carbonyl (C=O) groups excluding carboxylic acids is 1. The van der Waals surface area contributed by atoms with Gasteiger partial charge in [0.05, 0.1) is 6.20 Å². The van der Waals surface area contributed by atoms with E-state index in [4.69, 9.17) is 4.74 Å². The molecule has 0 spiro atoms. The zero-order chi connectivity index (χ0) is 21.1. The Bertz CT molecular complexity index is 1260. The fourth-order valence-corrected chi connectivity index (χ4v) is 2.95. The van der Waals surface area contributed by atoms with Crippen LogP contribution in [-0.4, -0.2) is 25.2 Å². The highest BCUT2D eigenvalue weighted by atomic mass is 19.1. The minimum Gasteiger partial charge on any atom is -0.489 e. The minimum atomic E-state index is -0.377. The number of nitrogens with zero attached hydrogens (tertiary/aromatic N) is 4. The molecule has 4 rings (SSSR count). The summed E-state index contributed by atoms with van der Waals surface area (Å²) in [7, 11) is 1.69. The second kappa shape index (κ2) is 8.16. The molecule has 0 radical (unpaired) electrons. The van der Waals surface area contributed by atoms with E-state index in [9.17, 15) is 14.0 Å². The molecule has 9 heteroatoms. The molecular weight excluding hydrogens is 389 g/mol. The zero-order valence-corrected chi connectivity index (χ0v) is 16.1. The van der Waals surface area contributed by atoms with Crippen LogP contribution >= 0.6 is 0 Å². The lowest BCUT2D eigenvalue weighted by Crippen LogP contribution is -2.27. The van der Waals surface area contributed by atoms with Gasteiger partial charge in [0, 0.05) is 18.8 Å². The van der Waals surface area contributed by atoms with E-state index in [1.807, 2.05) is 0 Å². The smallest absolute Gasteiger partial charge is 0.264 e. The van der Waals surface area contributed by atoms with Gasteiger partial charge >= 0.3 is 0 Å². The highest BCUT2D eigenvalue weighted by Crippen LogP contribution is 2.19. The molecule has 0 unspecified atom stereocenters. The summed E-state index contributed by atoms with van der Waals surface area (Å²) in [6.07, 6.45) is 2.76. The first-order valence-electron chi connectivity index (χ1n) is 9.14. The minimum absolute atomic E-state index is 0.183. The Morgan fingerprint density at radius 1 is 1.20 bits per heavy atom. The van der Waals surface area contributed by atoms with Crippen molar-refractivity contribution < 1.29 is 13.9 Å². The van der Waals surface area contributed by atoms with Crippen LogP contribution in [0.2, 0.25) is 0 Å². The number of amides is 1. The third-order valence-corrected chi connectivity index (χ3v) is 4.47. The average molecular weight is 407 g/mol. The third kappa shape index (κ3) is 4.19. The maximum absolute atomic E-state index is 13.0. The SMILES string of the molecule is Cn1ncc2c(=O)n(CC(=O)Nc3cccc(OCc4ccc(F)cc4)c3)cnc21. The molecule has 8 nitrogen and oxygen atoms in total. The number of nitrogens with one attached hydrogen (secondary N) is 1. The summed E-state index contributed by atoms with van der Waals surface area (Å²) in [6, 6.07) is 12.9. The molecule has 0 atom stereocenters. The molecule has 1 N–H and O–H groups in total. The van der Waals surface area contributed by atoms with Gasteiger partial charge in [0.15, 0.2) is 5.65 Å². The topological polar surface area (TPSA) is 91.0 Å². The lowest BCUT2D eigenvalue weighted by Gasteiger charge is -2.10. The van der Waals surface area contributed by atoms with Crippen LogP contribution in [-0.2, 0) is 25.0 Å². The van der Waals surface area contributed by atoms with Crippen LogP contribution in [0.25, 0.3) is 11.0 Å². The molecule has 2 heterocycles. The van der Waals surface area contributed by atoms with Gasteiger partial charge in [0.25, 0.3) is 5.56 Å². The van der Waals surface area contributed by atoms with Gasteiger partial charge < -0.3 is 10.1 Å². The summed E-state index contributed by atoms with van der Waals surface area (Å²) in [4.78, 5) is 29.0. The summed E-state index contributed by atoms with van der Waals surface area (Å²) < 4.78 is 21.4. The lowest BCUT2D eigenvalue weighted by molar-refractivity contribution is -0.116. The fraction of sp³-hybridized carbons (Fsp3) is 0.143. The number of carbonyl (C=O) groups is 1. The Labute approximate surface area is 170 Å². The fourth-order valence-electron chi connectivity index (χ4n) is 2.95. The molecule has 2 aromatic heterocycles. The number of halogens is 1. The van der Waals surface area contributed by atoms with Gasteiger partial charge in [-0.15, -0.1) is 0 Å². The molecule has 0 aliphatic heterocycles. The van der Waals surface area contributed by atoms with E-state index >= 15 is 0 Å². The zero-order valence-electron chi connectivity index (χ0n) is 16.1. The van der Waals surface area contributed by atoms with Crippen LogP contribution in [0.15, 0.2) is 65.8 Å². The van der Waals surface area contributed by atoms with E-state index in [2.05, 4.69) is 15.4 Å². The largest absolute Gasteiger partial charge is 0.489 e. The number of hydrogen-bond acceptors (Lipinski definition) is 5. The maximum atomic E-state index is 13.0. The summed E-state index contributed by atoms with van der Waals surface area (Å²) in [5, 5.41) is 7.10. The van der Waals surface area contributed by atoms with Crippen LogP contribution in [0.3, 0.4) is 0 Å². The van der Waals surface area contributed by atoms with E-state index in [1.54, 1.807) is 43.4 Å². The normalized spacial score (nSPS) is 10.9. The van der Waals surface area contributed by atoms with Crippen LogP contribution in [0.1, 0.15) is 5.56 Å². The molecule has 0 bridgehead atoms. The Balaban J connectivity index is 1.41. The number of ether oxygens (including phenoxy) is 1. The second-order valence-corrected chi connectivity index (χ2v) is 6.67. The Morgan fingerprint density at radius 3 is 2.80 bits per heavy atom. The van der Waals surface area contributed by atoms with E-state index in [0.717, 1.165) is 5.56 Å². The number of rotatable bonds is 6. The summed E-state index contributed by atoms with van der Waals surface area (Å²) in [5.41, 5.74) is 1.48. The highest BCUT2D eigenvalue weighted by Gasteiger charge is 2.11. The maximum Gasteiger partial charge on any atom is 0.264 e. The van der Waals surface area contributed by atoms with Crippen molar-refractivity contribution in [1.29, 1.82) is 0 Å². The lowest BCUT2D eigenvalue weighted by atomic mass is 10.2. The van der Waals surface area contributed by atoms with Gasteiger partial charge in [-0.3, -0.25) is 18.8 Å². The van der Waals surface area contributed by atoms with Crippen molar-refractivity contribution in [2.24, 2.45) is 7.05 Å². The van der Waals surface area contributed by atoms with E-state index < -0.39 is 0 Å².